The second-order valence-electron chi connectivity index (χ2n) is 6.42. The number of fused-ring (bicyclic) bond motifs is 1. The fourth-order valence-electron chi connectivity index (χ4n) is 3.84. The predicted molar refractivity (Wildman–Crippen MR) is 86.9 cm³/mol. The lowest BCUT2D eigenvalue weighted by molar-refractivity contribution is 0.102. The number of likely N-dealkylation sites (tertiary alicyclic amines) is 1. The molecule has 3 rings (SSSR count). The third-order valence-electron chi connectivity index (χ3n) is 4.93. The van der Waals surface area contributed by atoms with Crippen molar-refractivity contribution in [2.45, 2.75) is 39.2 Å². The van der Waals surface area contributed by atoms with Crippen LogP contribution in [0.5, 0.6) is 0 Å². The largest absolute Gasteiger partial charge is 0.356 e. The molecule has 2 saturated heterocycles. The standard InChI is InChI=1S/C16H27N5/c1-4-17-16-18-10-12(2)15(19-16)21-9-7-14-13(11-21)6-5-8-20(14)3/h10,13-14H,4-9,11H2,1-3H3,(H,17,18,19). The van der Waals surface area contributed by atoms with Crippen molar-refractivity contribution < 1.29 is 0 Å². The average Bonchev–Trinajstić information content (AvgIpc) is 2.49. The van der Waals surface area contributed by atoms with Crippen LogP contribution < -0.4 is 10.2 Å². The molecule has 116 valence electrons. The van der Waals surface area contributed by atoms with Gasteiger partial charge >= 0.3 is 0 Å². The van der Waals surface area contributed by atoms with Gasteiger partial charge in [-0.05, 0) is 52.6 Å². The van der Waals surface area contributed by atoms with E-state index in [1.54, 1.807) is 0 Å². The predicted octanol–water partition coefficient (Wildman–Crippen LogP) is 2.14. The van der Waals surface area contributed by atoms with Gasteiger partial charge in [0, 0.05) is 37.4 Å². The van der Waals surface area contributed by atoms with Crippen LogP contribution in [0.15, 0.2) is 6.20 Å². The van der Waals surface area contributed by atoms with Crippen molar-refractivity contribution in [3.05, 3.63) is 11.8 Å². The second kappa shape index (κ2) is 6.18. The van der Waals surface area contributed by atoms with Gasteiger partial charge in [-0.3, -0.25) is 0 Å². The van der Waals surface area contributed by atoms with Crippen LogP contribution >= 0.6 is 0 Å². The molecule has 1 aromatic heterocycles. The van der Waals surface area contributed by atoms with Gasteiger partial charge in [0.25, 0.3) is 0 Å². The van der Waals surface area contributed by atoms with Crippen LogP contribution in [-0.4, -0.2) is 54.1 Å². The van der Waals surface area contributed by atoms with E-state index in [0.29, 0.717) is 0 Å². The van der Waals surface area contributed by atoms with Gasteiger partial charge in [-0.1, -0.05) is 0 Å². The zero-order valence-electron chi connectivity index (χ0n) is 13.5. The molecular weight excluding hydrogens is 262 g/mol. The molecule has 0 aliphatic carbocycles. The van der Waals surface area contributed by atoms with Crippen molar-refractivity contribution in [2.75, 3.05) is 43.4 Å². The zero-order chi connectivity index (χ0) is 14.8. The van der Waals surface area contributed by atoms with Gasteiger partial charge < -0.3 is 15.1 Å². The molecular formula is C16H27N5. The number of aromatic nitrogens is 2. The number of nitrogens with zero attached hydrogens (tertiary/aromatic N) is 4. The first-order valence-electron chi connectivity index (χ1n) is 8.21. The first-order valence-corrected chi connectivity index (χ1v) is 8.21. The lowest BCUT2D eigenvalue weighted by Crippen LogP contribution is -2.53. The molecule has 0 amide bonds. The molecule has 3 heterocycles. The minimum absolute atomic E-state index is 0.751. The summed E-state index contributed by atoms with van der Waals surface area (Å²) in [5.41, 5.74) is 1.18. The van der Waals surface area contributed by atoms with Crippen molar-refractivity contribution in [2.24, 2.45) is 5.92 Å². The molecule has 21 heavy (non-hydrogen) atoms. The van der Waals surface area contributed by atoms with E-state index in [4.69, 9.17) is 4.98 Å². The van der Waals surface area contributed by atoms with Crippen LogP contribution in [0, 0.1) is 12.8 Å². The van der Waals surface area contributed by atoms with Crippen LogP contribution in [0.4, 0.5) is 11.8 Å². The summed E-state index contributed by atoms with van der Waals surface area (Å²) in [4.78, 5) is 14.1. The Bertz CT molecular complexity index is 490. The SMILES string of the molecule is CCNc1ncc(C)c(N2CCC3C(CCCN3C)C2)n1. The van der Waals surface area contributed by atoms with Crippen molar-refractivity contribution in [3.63, 3.8) is 0 Å². The Balaban J connectivity index is 1.77. The van der Waals surface area contributed by atoms with E-state index in [9.17, 15) is 0 Å². The summed E-state index contributed by atoms with van der Waals surface area (Å²) in [5, 5.41) is 3.22. The maximum Gasteiger partial charge on any atom is 0.224 e. The van der Waals surface area contributed by atoms with E-state index >= 15 is 0 Å². The zero-order valence-corrected chi connectivity index (χ0v) is 13.5. The first kappa shape index (κ1) is 14.6. The van der Waals surface area contributed by atoms with Gasteiger partial charge in [0.05, 0.1) is 0 Å². The summed E-state index contributed by atoms with van der Waals surface area (Å²) in [6.07, 6.45) is 5.88. The van der Waals surface area contributed by atoms with Crippen LogP contribution in [0.2, 0.25) is 0 Å². The molecule has 5 heteroatoms. The van der Waals surface area contributed by atoms with Crippen molar-refractivity contribution >= 4 is 11.8 Å². The normalized spacial score (nSPS) is 26.5. The molecule has 2 unspecified atom stereocenters. The second-order valence-corrected chi connectivity index (χ2v) is 6.42. The lowest BCUT2D eigenvalue weighted by atomic mass is 9.84. The topological polar surface area (TPSA) is 44.3 Å². The van der Waals surface area contributed by atoms with E-state index in [2.05, 4.69) is 41.0 Å². The average molecular weight is 289 g/mol. The number of hydrogen-bond acceptors (Lipinski definition) is 5. The van der Waals surface area contributed by atoms with Gasteiger partial charge in [0.1, 0.15) is 5.82 Å². The first-order chi connectivity index (χ1) is 10.2. The Morgan fingerprint density at radius 3 is 3.00 bits per heavy atom. The van der Waals surface area contributed by atoms with Crippen LogP contribution in [0.1, 0.15) is 31.7 Å². The van der Waals surface area contributed by atoms with Gasteiger partial charge in [0.2, 0.25) is 5.95 Å². The Kier molecular flexibility index (Phi) is 4.29. The molecule has 0 spiro atoms. The maximum atomic E-state index is 4.73. The number of nitrogens with one attached hydrogen (secondary N) is 1. The summed E-state index contributed by atoms with van der Waals surface area (Å²) < 4.78 is 0. The van der Waals surface area contributed by atoms with Gasteiger partial charge in [0.15, 0.2) is 0 Å². The minimum Gasteiger partial charge on any atom is -0.356 e. The van der Waals surface area contributed by atoms with Crippen LogP contribution in [0.3, 0.4) is 0 Å². The summed E-state index contributed by atoms with van der Waals surface area (Å²) in [5.74, 6) is 2.66. The number of anilines is 2. The Morgan fingerprint density at radius 2 is 2.19 bits per heavy atom. The highest BCUT2D eigenvalue weighted by atomic mass is 15.3. The van der Waals surface area contributed by atoms with Crippen molar-refractivity contribution in [3.8, 4) is 0 Å². The number of hydrogen-bond donors (Lipinski definition) is 1. The van der Waals surface area contributed by atoms with Gasteiger partial charge in [-0.2, -0.15) is 4.98 Å². The van der Waals surface area contributed by atoms with Gasteiger partial charge in [-0.25, -0.2) is 4.98 Å². The Hall–Kier alpha value is -1.36. The number of piperidine rings is 2. The molecule has 2 aliphatic heterocycles. The minimum atomic E-state index is 0.751. The fraction of sp³-hybridized carbons (Fsp3) is 0.750. The fourth-order valence-corrected chi connectivity index (χ4v) is 3.84. The summed E-state index contributed by atoms with van der Waals surface area (Å²) >= 11 is 0. The molecule has 0 bridgehead atoms. The monoisotopic (exact) mass is 289 g/mol. The third-order valence-corrected chi connectivity index (χ3v) is 4.93. The van der Waals surface area contributed by atoms with E-state index in [-0.39, 0.29) is 0 Å². The highest BCUT2D eigenvalue weighted by Gasteiger charge is 2.35. The molecule has 1 aromatic rings. The molecule has 2 atom stereocenters. The summed E-state index contributed by atoms with van der Waals surface area (Å²) in [6.45, 7) is 8.56. The number of aryl methyl sites for hydroxylation is 1. The van der Waals surface area contributed by atoms with E-state index in [1.165, 1.54) is 31.4 Å². The molecule has 0 aromatic carbocycles. The molecule has 5 nitrogen and oxygen atoms in total. The van der Waals surface area contributed by atoms with E-state index < -0.39 is 0 Å². The highest BCUT2D eigenvalue weighted by molar-refractivity contribution is 5.49. The highest BCUT2D eigenvalue weighted by Crippen LogP contribution is 2.32. The molecule has 0 radical (unpaired) electrons. The Labute approximate surface area is 127 Å². The Morgan fingerprint density at radius 1 is 1.33 bits per heavy atom. The molecule has 0 saturated carbocycles. The molecule has 2 aliphatic rings. The quantitative estimate of drug-likeness (QED) is 0.923. The number of rotatable bonds is 3. The van der Waals surface area contributed by atoms with Crippen molar-refractivity contribution in [1.29, 1.82) is 0 Å². The van der Waals surface area contributed by atoms with E-state index in [0.717, 1.165) is 43.4 Å². The van der Waals surface area contributed by atoms with Gasteiger partial charge in [-0.15, -0.1) is 0 Å². The summed E-state index contributed by atoms with van der Waals surface area (Å²) in [7, 11) is 2.28. The molecule has 1 N–H and O–H groups in total. The summed E-state index contributed by atoms with van der Waals surface area (Å²) in [6, 6.07) is 0.769. The molecule has 2 fully saturated rings. The third kappa shape index (κ3) is 2.98. The lowest BCUT2D eigenvalue weighted by Gasteiger charge is -2.46. The smallest absolute Gasteiger partial charge is 0.224 e. The van der Waals surface area contributed by atoms with Crippen LogP contribution in [-0.2, 0) is 0 Å². The van der Waals surface area contributed by atoms with Crippen molar-refractivity contribution in [1.82, 2.24) is 14.9 Å². The van der Waals surface area contributed by atoms with E-state index in [1.807, 2.05) is 6.20 Å². The maximum absolute atomic E-state index is 4.73. The van der Waals surface area contributed by atoms with Crippen LogP contribution in [0.25, 0.3) is 0 Å².